The number of rotatable bonds is 55. The van der Waals surface area contributed by atoms with Crippen molar-refractivity contribution in [3.05, 3.63) is 36.5 Å². The van der Waals surface area contributed by atoms with E-state index in [1.807, 2.05) is 0 Å². The molecule has 0 saturated carbocycles. The van der Waals surface area contributed by atoms with Crippen LogP contribution >= 0.6 is 0 Å². The largest absolute Gasteiger partial charge is 0.462 e. The molecule has 0 rings (SSSR count). The van der Waals surface area contributed by atoms with Crippen LogP contribution in [0.15, 0.2) is 36.5 Å². The third kappa shape index (κ3) is 54.7. The first kappa shape index (κ1) is 64.1. The second-order valence-corrected chi connectivity index (χ2v) is 19.9. The Labute approximate surface area is 412 Å². The van der Waals surface area contributed by atoms with Crippen LogP contribution in [0.25, 0.3) is 0 Å². The van der Waals surface area contributed by atoms with Gasteiger partial charge < -0.3 is 14.2 Å². The van der Waals surface area contributed by atoms with Crippen LogP contribution in [-0.4, -0.2) is 37.9 Å². The van der Waals surface area contributed by atoms with E-state index in [-0.39, 0.29) is 25.2 Å². The molecule has 5 nitrogen and oxygen atoms in total. The first-order chi connectivity index (χ1) is 32.6. The molecule has 388 valence electrons. The van der Waals surface area contributed by atoms with Gasteiger partial charge in [-0.15, -0.1) is 0 Å². The summed E-state index contributed by atoms with van der Waals surface area (Å²) in [6, 6.07) is 0. The molecule has 0 amide bonds. The van der Waals surface area contributed by atoms with Crippen molar-refractivity contribution in [1.82, 2.24) is 0 Å². The Hall–Kier alpha value is -1.88. The molecule has 1 unspecified atom stereocenters. The van der Waals surface area contributed by atoms with Gasteiger partial charge in [-0.05, 0) is 77.0 Å². The zero-order chi connectivity index (χ0) is 47.7. The molecule has 1 atom stereocenters. The fourth-order valence-corrected chi connectivity index (χ4v) is 8.71. The maximum atomic E-state index is 12.9. The summed E-state index contributed by atoms with van der Waals surface area (Å²) in [6.45, 7) is 7.84. The van der Waals surface area contributed by atoms with E-state index in [2.05, 4.69) is 57.2 Å². The molecule has 5 heteroatoms. The lowest BCUT2D eigenvalue weighted by Gasteiger charge is -2.18. The maximum absolute atomic E-state index is 12.9. The summed E-state index contributed by atoms with van der Waals surface area (Å²) < 4.78 is 17.5. The van der Waals surface area contributed by atoms with Crippen molar-refractivity contribution >= 4 is 11.9 Å². The van der Waals surface area contributed by atoms with Crippen LogP contribution in [0.5, 0.6) is 0 Å². The highest BCUT2D eigenvalue weighted by atomic mass is 16.6. The highest BCUT2D eigenvalue weighted by molar-refractivity contribution is 5.70. The van der Waals surface area contributed by atoms with Crippen molar-refractivity contribution in [3.8, 4) is 0 Å². The highest BCUT2D eigenvalue weighted by Gasteiger charge is 2.17. The lowest BCUT2D eigenvalue weighted by Crippen LogP contribution is -2.30. The van der Waals surface area contributed by atoms with E-state index in [1.54, 1.807) is 0 Å². The molecule has 0 fully saturated rings. The molecule has 0 spiro atoms. The molecule has 0 aliphatic rings. The number of ether oxygens (including phenoxy) is 3. The summed E-state index contributed by atoms with van der Waals surface area (Å²) in [5, 5.41) is 0. The van der Waals surface area contributed by atoms with Gasteiger partial charge in [-0.2, -0.15) is 0 Å². The molecule has 0 N–H and O–H groups in total. The zero-order valence-corrected chi connectivity index (χ0v) is 44.7. The summed E-state index contributed by atoms with van der Waals surface area (Å²) in [5.41, 5.74) is 0. The van der Waals surface area contributed by atoms with E-state index >= 15 is 0 Å². The monoisotopic (exact) mass is 927 g/mol. The normalized spacial score (nSPS) is 12.3. The van der Waals surface area contributed by atoms with Crippen molar-refractivity contribution in [2.24, 2.45) is 0 Å². The van der Waals surface area contributed by atoms with E-state index in [4.69, 9.17) is 14.2 Å². The third-order valence-electron chi connectivity index (χ3n) is 13.1. The van der Waals surface area contributed by atoms with Crippen LogP contribution in [0.4, 0.5) is 0 Å². The van der Waals surface area contributed by atoms with Gasteiger partial charge in [0.1, 0.15) is 6.61 Å². The predicted molar refractivity (Wildman–Crippen MR) is 288 cm³/mol. The quantitative estimate of drug-likeness (QED) is 0.0345. The Morgan fingerprint density at radius 2 is 0.636 bits per heavy atom. The van der Waals surface area contributed by atoms with E-state index < -0.39 is 6.10 Å². The van der Waals surface area contributed by atoms with Gasteiger partial charge in [0.2, 0.25) is 0 Å². The van der Waals surface area contributed by atoms with Gasteiger partial charge in [-0.1, -0.05) is 263 Å². The van der Waals surface area contributed by atoms with Gasteiger partial charge in [0.15, 0.2) is 6.10 Å². The molecule has 0 aromatic heterocycles. The summed E-state index contributed by atoms with van der Waals surface area (Å²) in [6.07, 6.45) is 70.2. The van der Waals surface area contributed by atoms with Crippen LogP contribution < -0.4 is 0 Å². The van der Waals surface area contributed by atoms with Crippen molar-refractivity contribution in [2.45, 2.75) is 322 Å². The smallest absolute Gasteiger partial charge is 0.306 e. The molecule has 0 aliphatic heterocycles. The summed E-state index contributed by atoms with van der Waals surface area (Å²) in [4.78, 5) is 25.5. The van der Waals surface area contributed by atoms with Crippen LogP contribution in [0.2, 0.25) is 0 Å². The molecule has 0 bridgehead atoms. The van der Waals surface area contributed by atoms with Crippen LogP contribution in [0.3, 0.4) is 0 Å². The Kier molecular flexibility index (Phi) is 55.8. The average Bonchev–Trinajstić information content (AvgIpc) is 3.32. The fraction of sp³-hybridized carbons (Fsp3) is 0.869. The van der Waals surface area contributed by atoms with Gasteiger partial charge in [0.05, 0.1) is 6.61 Å². The van der Waals surface area contributed by atoms with E-state index in [0.29, 0.717) is 19.4 Å². The third-order valence-corrected chi connectivity index (χ3v) is 13.1. The van der Waals surface area contributed by atoms with Crippen LogP contribution in [0, 0.1) is 0 Å². The molecule has 66 heavy (non-hydrogen) atoms. The first-order valence-electron chi connectivity index (χ1n) is 29.5. The number of unbranched alkanes of at least 4 members (excludes halogenated alkanes) is 38. The lowest BCUT2D eigenvalue weighted by atomic mass is 10.0. The van der Waals surface area contributed by atoms with Crippen molar-refractivity contribution < 1.29 is 23.8 Å². The van der Waals surface area contributed by atoms with Gasteiger partial charge in [-0.3, -0.25) is 9.59 Å². The van der Waals surface area contributed by atoms with Gasteiger partial charge in [-0.25, -0.2) is 0 Å². The number of esters is 2. The Bertz CT molecular complexity index is 1050. The first-order valence-corrected chi connectivity index (χ1v) is 29.5. The van der Waals surface area contributed by atoms with Crippen LogP contribution in [-0.2, 0) is 23.8 Å². The Morgan fingerprint density at radius 3 is 1.05 bits per heavy atom. The van der Waals surface area contributed by atoms with Crippen LogP contribution in [0.1, 0.15) is 316 Å². The van der Waals surface area contributed by atoms with E-state index in [1.165, 1.54) is 225 Å². The van der Waals surface area contributed by atoms with E-state index in [0.717, 1.165) is 57.8 Å². The Balaban J connectivity index is 4.25. The topological polar surface area (TPSA) is 61.8 Å². The summed E-state index contributed by atoms with van der Waals surface area (Å²) in [5.74, 6) is -0.390. The minimum Gasteiger partial charge on any atom is -0.462 e. The molecule has 0 aromatic carbocycles. The second-order valence-electron chi connectivity index (χ2n) is 19.9. The standard InChI is InChI=1S/C61H114O5/c1-4-7-10-13-16-19-22-25-28-30-32-35-38-41-44-47-50-53-56-64-57-59(66-61(63)55-52-49-46-43-40-37-33-27-24-21-18-15-12-9-6-3)58-65-60(62)54-51-48-45-42-39-36-34-31-29-26-23-20-17-14-11-8-5-2/h16,19,25,27-28,33,59H,4-15,17-18,20-24,26,29-32,34-58H2,1-3H3/b19-16-,28-25-,33-27-. The van der Waals surface area contributed by atoms with Crippen molar-refractivity contribution in [1.29, 1.82) is 0 Å². The molecular formula is C61H114O5. The second kappa shape index (κ2) is 57.4. The average molecular weight is 928 g/mol. The van der Waals surface area contributed by atoms with Gasteiger partial charge in [0.25, 0.3) is 0 Å². The molecular weight excluding hydrogens is 813 g/mol. The molecule has 0 aliphatic carbocycles. The maximum Gasteiger partial charge on any atom is 0.306 e. The number of allylic oxidation sites excluding steroid dienone is 6. The molecule has 0 aromatic rings. The predicted octanol–water partition coefficient (Wildman–Crippen LogP) is 20.1. The van der Waals surface area contributed by atoms with Crippen molar-refractivity contribution in [2.75, 3.05) is 19.8 Å². The lowest BCUT2D eigenvalue weighted by molar-refractivity contribution is -0.163. The van der Waals surface area contributed by atoms with E-state index in [9.17, 15) is 9.59 Å². The zero-order valence-electron chi connectivity index (χ0n) is 44.7. The SMILES string of the molecule is CCCCC/C=C\C/C=C\CCCCCCCCCCOCC(COC(=O)CCCCCCCCCCCCCCCCCCC)OC(=O)CCCCCCC/C=C\CCCCCCCC. The molecule has 0 radical (unpaired) electrons. The number of hydrogen-bond donors (Lipinski definition) is 0. The molecule has 0 heterocycles. The Morgan fingerprint density at radius 1 is 0.333 bits per heavy atom. The molecule has 0 saturated heterocycles. The number of carbonyl (C=O) groups is 2. The number of carbonyl (C=O) groups excluding carboxylic acids is 2. The summed E-state index contributed by atoms with van der Waals surface area (Å²) >= 11 is 0. The number of hydrogen-bond acceptors (Lipinski definition) is 5. The fourth-order valence-electron chi connectivity index (χ4n) is 8.71. The van der Waals surface area contributed by atoms with Crippen molar-refractivity contribution in [3.63, 3.8) is 0 Å². The highest BCUT2D eigenvalue weighted by Crippen LogP contribution is 2.16. The van der Waals surface area contributed by atoms with Gasteiger partial charge in [0, 0.05) is 19.4 Å². The minimum absolute atomic E-state index is 0.0852. The van der Waals surface area contributed by atoms with Gasteiger partial charge >= 0.3 is 11.9 Å². The minimum atomic E-state index is -0.540. The summed E-state index contributed by atoms with van der Waals surface area (Å²) in [7, 11) is 0.